The van der Waals surface area contributed by atoms with E-state index in [1.165, 1.54) is 25.7 Å². The van der Waals surface area contributed by atoms with E-state index in [1.807, 2.05) is 24.3 Å². The summed E-state index contributed by atoms with van der Waals surface area (Å²) in [7, 11) is 0. The van der Waals surface area contributed by atoms with Gasteiger partial charge in [0.1, 0.15) is 12.4 Å². The number of rotatable bonds is 8. The average molecular weight is 278 g/mol. The Bertz CT molecular complexity index is 375. The van der Waals surface area contributed by atoms with Crippen LogP contribution in [0.25, 0.3) is 0 Å². The quantitative estimate of drug-likeness (QED) is 0.761. The number of aliphatic hydroxyl groups excluding tert-OH is 1. The Morgan fingerprint density at radius 2 is 1.85 bits per heavy atom. The molecule has 4 nitrogen and oxygen atoms in total. The monoisotopic (exact) mass is 278 g/mol. The van der Waals surface area contributed by atoms with Crippen LogP contribution < -0.4 is 10.5 Å². The van der Waals surface area contributed by atoms with E-state index in [0.29, 0.717) is 19.2 Å². The molecule has 1 saturated carbocycles. The molecule has 0 aromatic heterocycles. The van der Waals surface area contributed by atoms with Crippen molar-refractivity contribution in [3.05, 3.63) is 29.8 Å². The summed E-state index contributed by atoms with van der Waals surface area (Å²) in [5, 5.41) is 9.18. The summed E-state index contributed by atoms with van der Waals surface area (Å²) in [6.07, 6.45) is 5.14. The van der Waals surface area contributed by atoms with Crippen LogP contribution in [0.4, 0.5) is 0 Å². The van der Waals surface area contributed by atoms with Crippen LogP contribution >= 0.6 is 0 Å². The van der Waals surface area contributed by atoms with Crippen molar-refractivity contribution in [1.29, 1.82) is 0 Å². The lowest BCUT2D eigenvalue weighted by Gasteiger charge is -2.27. The summed E-state index contributed by atoms with van der Waals surface area (Å²) in [5.41, 5.74) is 6.69. The molecule has 0 saturated heterocycles. The lowest BCUT2D eigenvalue weighted by atomic mass is 10.2. The molecule has 20 heavy (non-hydrogen) atoms. The van der Waals surface area contributed by atoms with E-state index in [9.17, 15) is 5.11 Å². The van der Waals surface area contributed by atoms with Crippen molar-refractivity contribution in [1.82, 2.24) is 4.90 Å². The minimum Gasteiger partial charge on any atom is -0.492 e. The number of ether oxygens (including phenoxy) is 1. The van der Waals surface area contributed by atoms with Gasteiger partial charge in [-0.2, -0.15) is 0 Å². The van der Waals surface area contributed by atoms with Crippen LogP contribution in [-0.2, 0) is 6.54 Å². The van der Waals surface area contributed by atoms with Gasteiger partial charge >= 0.3 is 0 Å². The molecule has 0 atom stereocenters. The summed E-state index contributed by atoms with van der Waals surface area (Å²) in [4.78, 5) is 2.36. The molecular weight excluding hydrogens is 252 g/mol. The number of aliphatic hydroxyl groups is 1. The third-order valence-electron chi connectivity index (χ3n) is 4.03. The Morgan fingerprint density at radius 3 is 2.45 bits per heavy atom. The zero-order valence-corrected chi connectivity index (χ0v) is 12.1. The largest absolute Gasteiger partial charge is 0.492 e. The first kappa shape index (κ1) is 15.3. The third-order valence-corrected chi connectivity index (χ3v) is 4.03. The molecule has 0 spiro atoms. The summed E-state index contributed by atoms with van der Waals surface area (Å²) < 4.78 is 5.78. The second-order valence-corrected chi connectivity index (χ2v) is 5.39. The highest BCUT2D eigenvalue weighted by Gasteiger charge is 2.21. The fraction of sp³-hybridized carbons (Fsp3) is 0.625. The van der Waals surface area contributed by atoms with Crippen LogP contribution in [-0.4, -0.2) is 42.4 Å². The van der Waals surface area contributed by atoms with Crippen molar-refractivity contribution >= 4 is 0 Å². The molecule has 1 aliphatic rings. The molecule has 4 heteroatoms. The maximum Gasteiger partial charge on any atom is 0.119 e. The molecule has 2 rings (SSSR count). The Kier molecular flexibility index (Phi) is 6.30. The van der Waals surface area contributed by atoms with Crippen LogP contribution in [0.2, 0.25) is 0 Å². The van der Waals surface area contributed by atoms with E-state index >= 15 is 0 Å². The van der Waals surface area contributed by atoms with Crippen molar-refractivity contribution in [3.8, 4) is 5.75 Å². The number of nitrogens with two attached hydrogens (primary N) is 1. The molecule has 112 valence electrons. The Morgan fingerprint density at radius 1 is 1.15 bits per heavy atom. The van der Waals surface area contributed by atoms with Crippen LogP contribution in [0.1, 0.15) is 31.2 Å². The molecule has 0 heterocycles. The number of hydrogen-bond donors (Lipinski definition) is 2. The van der Waals surface area contributed by atoms with Gasteiger partial charge < -0.3 is 15.6 Å². The molecule has 1 aliphatic carbocycles. The molecular formula is C16H26N2O2. The molecule has 1 aromatic carbocycles. The summed E-state index contributed by atoms with van der Waals surface area (Å²) in [6.45, 7) is 3.08. The van der Waals surface area contributed by atoms with Crippen LogP contribution in [0.5, 0.6) is 5.75 Å². The van der Waals surface area contributed by atoms with E-state index in [-0.39, 0.29) is 6.61 Å². The van der Waals surface area contributed by atoms with E-state index in [2.05, 4.69) is 4.90 Å². The van der Waals surface area contributed by atoms with Crippen molar-refractivity contribution in [3.63, 3.8) is 0 Å². The van der Waals surface area contributed by atoms with Crippen LogP contribution in [0, 0.1) is 0 Å². The van der Waals surface area contributed by atoms with Gasteiger partial charge in [0.15, 0.2) is 0 Å². The van der Waals surface area contributed by atoms with E-state index in [1.54, 1.807) is 0 Å². The Balaban J connectivity index is 1.76. The first-order valence-electron chi connectivity index (χ1n) is 7.60. The van der Waals surface area contributed by atoms with Gasteiger partial charge in [0.25, 0.3) is 0 Å². The van der Waals surface area contributed by atoms with E-state index in [4.69, 9.17) is 10.5 Å². The van der Waals surface area contributed by atoms with E-state index < -0.39 is 0 Å². The first-order chi connectivity index (χ1) is 9.83. The molecule has 0 amide bonds. The zero-order chi connectivity index (χ0) is 14.2. The standard InChI is InChI=1S/C16H26N2O2/c17-13-14-5-7-16(8-6-14)20-12-10-18(9-11-19)15-3-1-2-4-15/h5-8,15,19H,1-4,9-13,17H2. The lowest BCUT2D eigenvalue weighted by Crippen LogP contribution is -2.38. The molecule has 0 aliphatic heterocycles. The Labute approximate surface area is 121 Å². The molecule has 1 aromatic rings. The van der Waals surface area contributed by atoms with Crippen molar-refractivity contribution in [2.75, 3.05) is 26.3 Å². The Hall–Kier alpha value is -1.10. The van der Waals surface area contributed by atoms with Gasteiger partial charge in [0.2, 0.25) is 0 Å². The van der Waals surface area contributed by atoms with Crippen molar-refractivity contribution < 1.29 is 9.84 Å². The molecule has 1 fully saturated rings. The topological polar surface area (TPSA) is 58.7 Å². The fourth-order valence-corrected chi connectivity index (χ4v) is 2.88. The predicted octanol–water partition coefficient (Wildman–Crippen LogP) is 1.76. The molecule has 0 radical (unpaired) electrons. The van der Waals surface area contributed by atoms with Gasteiger partial charge in [-0.1, -0.05) is 25.0 Å². The minimum atomic E-state index is 0.224. The number of nitrogens with zero attached hydrogens (tertiary/aromatic N) is 1. The first-order valence-corrected chi connectivity index (χ1v) is 7.60. The smallest absolute Gasteiger partial charge is 0.119 e. The molecule has 0 bridgehead atoms. The maximum atomic E-state index is 9.18. The normalized spacial score (nSPS) is 15.9. The SMILES string of the molecule is NCc1ccc(OCCN(CCO)C2CCCC2)cc1. The molecule has 0 unspecified atom stereocenters. The third kappa shape index (κ3) is 4.47. The molecule has 3 N–H and O–H groups in total. The van der Waals surface area contributed by atoms with Crippen LogP contribution in [0.15, 0.2) is 24.3 Å². The van der Waals surface area contributed by atoms with Crippen LogP contribution in [0.3, 0.4) is 0 Å². The number of hydrogen-bond acceptors (Lipinski definition) is 4. The summed E-state index contributed by atoms with van der Waals surface area (Å²) in [6, 6.07) is 8.56. The van der Waals surface area contributed by atoms with Gasteiger partial charge in [0, 0.05) is 25.7 Å². The second-order valence-electron chi connectivity index (χ2n) is 5.39. The van der Waals surface area contributed by atoms with Crippen molar-refractivity contribution in [2.45, 2.75) is 38.3 Å². The summed E-state index contributed by atoms with van der Waals surface area (Å²) in [5.74, 6) is 0.887. The highest BCUT2D eigenvalue weighted by Crippen LogP contribution is 2.23. The van der Waals surface area contributed by atoms with Gasteiger partial charge in [-0.05, 0) is 30.5 Å². The maximum absolute atomic E-state index is 9.18. The van der Waals surface area contributed by atoms with Gasteiger partial charge in [0.05, 0.1) is 6.61 Å². The van der Waals surface area contributed by atoms with Gasteiger partial charge in [-0.25, -0.2) is 0 Å². The summed E-state index contributed by atoms with van der Waals surface area (Å²) >= 11 is 0. The number of benzene rings is 1. The highest BCUT2D eigenvalue weighted by molar-refractivity contribution is 5.27. The average Bonchev–Trinajstić information content (AvgIpc) is 3.01. The predicted molar refractivity (Wildman–Crippen MR) is 80.7 cm³/mol. The second kappa shape index (κ2) is 8.25. The fourth-order valence-electron chi connectivity index (χ4n) is 2.88. The minimum absolute atomic E-state index is 0.224. The lowest BCUT2D eigenvalue weighted by molar-refractivity contribution is 0.129. The zero-order valence-electron chi connectivity index (χ0n) is 12.1. The van der Waals surface area contributed by atoms with Crippen molar-refractivity contribution in [2.24, 2.45) is 5.73 Å². The van der Waals surface area contributed by atoms with E-state index in [0.717, 1.165) is 24.4 Å². The van der Waals surface area contributed by atoms with Gasteiger partial charge in [-0.3, -0.25) is 4.90 Å². The van der Waals surface area contributed by atoms with Gasteiger partial charge in [-0.15, -0.1) is 0 Å². The highest BCUT2D eigenvalue weighted by atomic mass is 16.5.